The number of piperidine rings is 1. The fourth-order valence-electron chi connectivity index (χ4n) is 4.99. The van der Waals surface area contributed by atoms with Gasteiger partial charge in [-0.1, -0.05) is 12.1 Å². The maximum absolute atomic E-state index is 14.9. The van der Waals surface area contributed by atoms with Gasteiger partial charge >= 0.3 is 6.09 Å². The summed E-state index contributed by atoms with van der Waals surface area (Å²) in [6.07, 6.45) is 2.94. The number of furan rings is 1. The quantitative estimate of drug-likeness (QED) is 0.627. The van der Waals surface area contributed by atoms with Gasteiger partial charge in [-0.2, -0.15) is 5.26 Å². The molecular formula is C26H29FN4O5. The molecule has 36 heavy (non-hydrogen) atoms. The van der Waals surface area contributed by atoms with Crippen LogP contribution in [-0.2, 0) is 16.0 Å². The van der Waals surface area contributed by atoms with Crippen LogP contribution in [0.2, 0.25) is 0 Å². The van der Waals surface area contributed by atoms with Crippen LogP contribution < -0.4 is 11.1 Å². The molecule has 3 amide bonds. The number of amides is 3. The Morgan fingerprint density at radius 3 is 2.67 bits per heavy atom. The van der Waals surface area contributed by atoms with Gasteiger partial charge in [0.2, 0.25) is 5.91 Å². The lowest BCUT2D eigenvalue weighted by Crippen LogP contribution is -2.55. The number of likely N-dealkylation sites (tertiary alicyclic amines) is 1. The zero-order valence-corrected chi connectivity index (χ0v) is 20.4. The lowest BCUT2D eigenvalue weighted by Gasteiger charge is -2.35. The predicted octanol–water partition coefficient (Wildman–Crippen LogP) is 3.52. The number of carbonyl (C=O) groups excluding carboxylic acids is 3. The molecular weight excluding hydrogens is 467 g/mol. The number of nitrogens with one attached hydrogen (secondary N) is 1. The fourth-order valence-corrected chi connectivity index (χ4v) is 4.99. The Balaban J connectivity index is 1.45. The third-order valence-corrected chi connectivity index (χ3v) is 6.58. The first-order valence-corrected chi connectivity index (χ1v) is 11.8. The molecule has 190 valence electrons. The van der Waals surface area contributed by atoms with Crippen LogP contribution in [0.1, 0.15) is 56.0 Å². The molecule has 2 fully saturated rings. The van der Waals surface area contributed by atoms with E-state index in [1.165, 1.54) is 29.4 Å². The third kappa shape index (κ3) is 5.20. The molecule has 0 spiro atoms. The summed E-state index contributed by atoms with van der Waals surface area (Å²) in [5.74, 6) is -1.41. The molecule has 1 aliphatic carbocycles. The zero-order chi connectivity index (χ0) is 26.2. The molecule has 2 heterocycles. The Hall–Kier alpha value is -3.87. The van der Waals surface area contributed by atoms with Gasteiger partial charge < -0.3 is 20.2 Å². The van der Waals surface area contributed by atoms with E-state index in [2.05, 4.69) is 5.32 Å². The van der Waals surface area contributed by atoms with Gasteiger partial charge in [0.05, 0.1) is 11.6 Å². The number of primary amides is 1. The minimum absolute atomic E-state index is 0.00327. The number of carbonyl (C=O) groups is 3. The van der Waals surface area contributed by atoms with Crippen molar-refractivity contribution in [3.63, 3.8) is 0 Å². The molecule has 1 aromatic heterocycles. The maximum atomic E-state index is 14.9. The predicted molar refractivity (Wildman–Crippen MR) is 127 cm³/mol. The Bertz CT molecular complexity index is 1230. The Morgan fingerprint density at radius 1 is 1.31 bits per heavy atom. The first-order valence-electron chi connectivity index (χ1n) is 11.8. The van der Waals surface area contributed by atoms with Crippen molar-refractivity contribution < 1.29 is 27.9 Å². The first-order chi connectivity index (χ1) is 17.0. The Labute approximate surface area is 208 Å². The fraction of sp³-hybridized carbons (Fsp3) is 0.462. The topological polar surface area (TPSA) is 139 Å². The summed E-state index contributed by atoms with van der Waals surface area (Å²) in [6.45, 7) is 5.30. The smallest absolute Gasteiger partial charge is 0.411 e. The molecule has 0 radical (unpaired) electrons. The minimum atomic E-state index is -0.998. The van der Waals surface area contributed by atoms with Crippen molar-refractivity contribution in [3.8, 4) is 17.4 Å². The summed E-state index contributed by atoms with van der Waals surface area (Å²) in [5, 5.41) is 12.4. The summed E-state index contributed by atoms with van der Waals surface area (Å²) in [4.78, 5) is 38.8. The van der Waals surface area contributed by atoms with E-state index in [-0.39, 0.29) is 35.3 Å². The molecule has 1 aliphatic heterocycles. The van der Waals surface area contributed by atoms with E-state index in [0.717, 1.165) is 19.3 Å². The van der Waals surface area contributed by atoms with E-state index >= 15 is 0 Å². The standard InChI is InChI=1S/C26H29FN4O5/c1-26(2,3)36-25(34)31-19-7-6-16(9-19)22(31)24(33)30-18(12-28)8-14-4-5-15(10-20(14)27)21-11-17(13-35-21)23(29)32/h4-5,10-11,13,16,18-19,22H,6-9H2,1-3H3,(H2,29,32)(H,30,33). The van der Waals surface area contributed by atoms with Gasteiger partial charge in [-0.3, -0.25) is 14.5 Å². The number of nitrogens with two attached hydrogens (primary N) is 1. The van der Waals surface area contributed by atoms with Crippen molar-refractivity contribution in [3.05, 3.63) is 47.5 Å². The van der Waals surface area contributed by atoms with E-state index in [0.29, 0.717) is 5.56 Å². The SMILES string of the molecule is CC(C)(C)OC(=O)N1C2CCC(C2)C1C(=O)NC(C#N)Cc1ccc(-c2cc(C(N)=O)co2)cc1F. The van der Waals surface area contributed by atoms with Crippen LogP contribution in [0.5, 0.6) is 0 Å². The lowest BCUT2D eigenvalue weighted by molar-refractivity contribution is -0.128. The molecule has 1 aromatic carbocycles. The molecule has 3 N–H and O–H groups in total. The average molecular weight is 497 g/mol. The lowest BCUT2D eigenvalue weighted by atomic mass is 9.97. The molecule has 10 heteroatoms. The van der Waals surface area contributed by atoms with E-state index in [9.17, 15) is 24.0 Å². The number of fused-ring (bicyclic) bond motifs is 2. The summed E-state index contributed by atoms with van der Waals surface area (Å²) in [5.41, 5.74) is 5.32. The van der Waals surface area contributed by atoms with Gasteiger partial charge in [0, 0.05) is 18.0 Å². The largest absolute Gasteiger partial charge is 0.464 e. The number of nitriles is 1. The molecule has 2 aromatic rings. The first kappa shape index (κ1) is 25.2. The zero-order valence-electron chi connectivity index (χ0n) is 20.4. The van der Waals surface area contributed by atoms with Crippen molar-refractivity contribution in [2.24, 2.45) is 11.7 Å². The highest BCUT2D eigenvalue weighted by Crippen LogP contribution is 2.43. The van der Waals surface area contributed by atoms with Crippen molar-refractivity contribution in [2.45, 2.75) is 70.2 Å². The summed E-state index contributed by atoms with van der Waals surface area (Å²) in [7, 11) is 0. The highest BCUT2D eigenvalue weighted by molar-refractivity contribution is 5.93. The van der Waals surface area contributed by atoms with Crippen LogP contribution in [0.15, 0.2) is 34.9 Å². The minimum Gasteiger partial charge on any atom is -0.464 e. The second-order valence-electron chi connectivity index (χ2n) is 10.3. The molecule has 2 bridgehead atoms. The summed E-state index contributed by atoms with van der Waals surface area (Å²) in [6, 6.07) is 5.97. The third-order valence-electron chi connectivity index (χ3n) is 6.58. The van der Waals surface area contributed by atoms with Crippen molar-refractivity contribution in [1.82, 2.24) is 10.2 Å². The van der Waals surface area contributed by atoms with Crippen LogP contribution in [0, 0.1) is 23.1 Å². The molecule has 4 unspecified atom stereocenters. The molecule has 9 nitrogen and oxygen atoms in total. The molecule has 4 rings (SSSR count). The van der Waals surface area contributed by atoms with Crippen LogP contribution in [-0.4, -0.2) is 46.5 Å². The van der Waals surface area contributed by atoms with Gasteiger partial charge in [-0.25, -0.2) is 9.18 Å². The number of benzene rings is 1. The highest BCUT2D eigenvalue weighted by Gasteiger charge is 2.52. The van der Waals surface area contributed by atoms with Crippen LogP contribution in [0.25, 0.3) is 11.3 Å². The number of ether oxygens (including phenoxy) is 1. The molecule has 1 saturated carbocycles. The number of halogens is 1. The van der Waals surface area contributed by atoms with E-state index in [1.54, 1.807) is 26.8 Å². The number of nitrogens with zero attached hydrogens (tertiary/aromatic N) is 2. The molecule has 1 saturated heterocycles. The Morgan fingerprint density at radius 2 is 2.06 bits per heavy atom. The summed E-state index contributed by atoms with van der Waals surface area (Å²) < 4.78 is 25.7. The molecule has 2 aliphatic rings. The molecule has 4 atom stereocenters. The number of hydrogen-bond acceptors (Lipinski definition) is 6. The van der Waals surface area contributed by atoms with Crippen molar-refractivity contribution >= 4 is 17.9 Å². The van der Waals surface area contributed by atoms with E-state index in [4.69, 9.17) is 14.9 Å². The summed E-state index contributed by atoms with van der Waals surface area (Å²) >= 11 is 0. The van der Waals surface area contributed by atoms with Crippen molar-refractivity contribution in [2.75, 3.05) is 0 Å². The van der Waals surface area contributed by atoms with Gasteiger partial charge in [0.1, 0.15) is 35.5 Å². The number of hydrogen-bond donors (Lipinski definition) is 2. The monoisotopic (exact) mass is 496 g/mol. The van der Waals surface area contributed by atoms with E-state index < -0.39 is 41.4 Å². The van der Waals surface area contributed by atoms with Gasteiger partial charge in [-0.15, -0.1) is 0 Å². The average Bonchev–Trinajstić information content (AvgIpc) is 3.54. The van der Waals surface area contributed by atoms with Gasteiger partial charge in [0.15, 0.2) is 0 Å². The van der Waals surface area contributed by atoms with Gasteiger partial charge in [0.25, 0.3) is 5.91 Å². The second kappa shape index (κ2) is 9.64. The van der Waals surface area contributed by atoms with Crippen LogP contribution in [0.4, 0.5) is 9.18 Å². The Kier molecular flexibility index (Phi) is 6.76. The second-order valence-corrected chi connectivity index (χ2v) is 10.3. The highest BCUT2D eigenvalue weighted by atomic mass is 19.1. The van der Waals surface area contributed by atoms with E-state index in [1.807, 2.05) is 6.07 Å². The van der Waals surface area contributed by atoms with Gasteiger partial charge in [-0.05, 0) is 63.6 Å². The van der Waals surface area contributed by atoms with Crippen molar-refractivity contribution in [1.29, 1.82) is 5.26 Å². The maximum Gasteiger partial charge on any atom is 0.411 e. The normalized spacial score (nSPS) is 21.6. The van der Waals surface area contributed by atoms with Crippen LogP contribution >= 0.6 is 0 Å². The van der Waals surface area contributed by atoms with Crippen LogP contribution in [0.3, 0.4) is 0 Å². The number of rotatable bonds is 6.